The average Bonchev–Trinajstić information content (AvgIpc) is 3.13. The third kappa shape index (κ3) is 4.35. The van der Waals surface area contributed by atoms with Crippen molar-refractivity contribution in [2.24, 2.45) is 5.92 Å². The predicted octanol–water partition coefficient (Wildman–Crippen LogP) is 3.14. The standard InChI is InChI=1S/C20H24N2O3/c1-14-6-2-5-9-17(14)18(16-7-3-4-8-16)19(23)25-11-10-15-12-21-20(24)22-13-15/h2,5-6,9,12-13,16,18H,3-4,7-8,10-11H2,1H3,(H,21,22,24). The molecule has 1 fully saturated rings. The van der Waals surface area contributed by atoms with Crippen LogP contribution in [0.15, 0.2) is 41.5 Å². The topological polar surface area (TPSA) is 72.0 Å². The quantitative estimate of drug-likeness (QED) is 0.820. The van der Waals surface area contributed by atoms with Crippen LogP contribution in [0.25, 0.3) is 0 Å². The van der Waals surface area contributed by atoms with Crippen LogP contribution in [-0.2, 0) is 16.0 Å². The summed E-state index contributed by atoms with van der Waals surface area (Å²) in [6, 6.07) is 8.09. The number of hydrogen-bond acceptors (Lipinski definition) is 4. The second kappa shape index (κ2) is 8.10. The predicted molar refractivity (Wildman–Crippen MR) is 95.4 cm³/mol. The summed E-state index contributed by atoms with van der Waals surface area (Å²) in [5.41, 5.74) is 2.70. The van der Waals surface area contributed by atoms with Gasteiger partial charge in [0, 0.05) is 18.8 Å². The summed E-state index contributed by atoms with van der Waals surface area (Å²) < 4.78 is 5.60. The lowest BCUT2D eigenvalue weighted by Crippen LogP contribution is -2.24. The Labute approximate surface area is 147 Å². The Morgan fingerprint density at radius 1 is 1.32 bits per heavy atom. The Kier molecular flexibility index (Phi) is 5.64. The molecule has 5 nitrogen and oxygen atoms in total. The van der Waals surface area contributed by atoms with Gasteiger partial charge in [-0.25, -0.2) is 9.78 Å². The van der Waals surface area contributed by atoms with Crippen LogP contribution in [-0.4, -0.2) is 22.5 Å². The van der Waals surface area contributed by atoms with E-state index in [2.05, 4.69) is 23.0 Å². The number of aromatic amines is 1. The fourth-order valence-electron chi connectivity index (χ4n) is 3.67. The molecule has 1 atom stereocenters. The molecule has 25 heavy (non-hydrogen) atoms. The maximum absolute atomic E-state index is 12.8. The highest BCUT2D eigenvalue weighted by molar-refractivity contribution is 5.79. The van der Waals surface area contributed by atoms with E-state index in [9.17, 15) is 9.59 Å². The highest BCUT2D eigenvalue weighted by Gasteiger charge is 2.33. The van der Waals surface area contributed by atoms with Crippen LogP contribution in [0.3, 0.4) is 0 Å². The van der Waals surface area contributed by atoms with Crippen molar-refractivity contribution < 1.29 is 9.53 Å². The van der Waals surface area contributed by atoms with E-state index in [0.717, 1.165) is 29.5 Å². The Morgan fingerprint density at radius 2 is 2.08 bits per heavy atom. The van der Waals surface area contributed by atoms with Gasteiger partial charge in [-0.1, -0.05) is 37.1 Å². The van der Waals surface area contributed by atoms with Gasteiger partial charge in [0.2, 0.25) is 0 Å². The Bertz CT molecular complexity index is 758. The van der Waals surface area contributed by atoms with Crippen LogP contribution < -0.4 is 5.69 Å². The number of benzene rings is 1. The monoisotopic (exact) mass is 340 g/mol. The van der Waals surface area contributed by atoms with Crippen LogP contribution in [0.1, 0.15) is 48.3 Å². The van der Waals surface area contributed by atoms with Gasteiger partial charge >= 0.3 is 11.7 Å². The number of ether oxygens (including phenoxy) is 1. The molecule has 1 saturated carbocycles. The van der Waals surface area contributed by atoms with Crippen molar-refractivity contribution >= 4 is 5.97 Å². The third-order valence-electron chi connectivity index (χ3n) is 5.01. The number of carbonyl (C=O) groups is 1. The first-order chi connectivity index (χ1) is 12.1. The number of nitrogens with one attached hydrogen (secondary N) is 1. The average molecular weight is 340 g/mol. The Balaban J connectivity index is 1.68. The van der Waals surface area contributed by atoms with E-state index in [1.165, 1.54) is 19.0 Å². The first-order valence-electron chi connectivity index (χ1n) is 8.91. The van der Waals surface area contributed by atoms with Crippen LogP contribution in [0.2, 0.25) is 0 Å². The summed E-state index contributed by atoms with van der Waals surface area (Å²) >= 11 is 0. The molecule has 3 rings (SSSR count). The summed E-state index contributed by atoms with van der Waals surface area (Å²) in [7, 11) is 0. The number of aromatic nitrogens is 2. The van der Waals surface area contributed by atoms with Gasteiger partial charge in [-0.05, 0) is 42.4 Å². The van der Waals surface area contributed by atoms with E-state index in [0.29, 0.717) is 18.9 Å². The number of H-pyrrole nitrogens is 1. The maximum atomic E-state index is 12.8. The van der Waals surface area contributed by atoms with Crippen molar-refractivity contribution in [1.82, 2.24) is 9.97 Å². The van der Waals surface area contributed by atoms with Gasteiger partial charge in [0.1, 0.15) is 0 Å². The van der Waals surface area contributed by atoms with Crippen molar-refractivity contribution in [2.45, 2.75) is 44.9 Å². The highest BCUT2D eigenvalue weighted by atomic mass is 16.5. The minimum Gasteiger partial charge on any atom is -0.465 e. The smallest absolute Gasteiger partial charge is 0.344 e. The van der Waals surface area contributed by atoms with Gasteiger partial charge in [-0.2, -0.15) is 0 Å². The van der Waals surface area contributed by atoms with Crippen molar-refractivity contribution in [3.05, 3.63) is 63.8 Å². The molecule has 1 aromatic heterocycles. The fraction of sp³-hybridized carbons (Fsp3) is 0.450. The second-order valence-electron chi connectivity index (χ2n) is 6.72. The van der Waals surface area contributed by atoms with E-state index in [1.807, 2.05) is 18.2 Å². The normalized spacial score (nSPS) is 15.9. The second-order valence-corrected chi connectivity index (χ2v) is 6.72. The summed E-state index contributed by atoms with van der Waals surface area (Å²) in [5, 5.41) is 0. The fourth-order valence-corrected chi connectivity index (χ4v) is 3.67. The molecule has 1 aromatic carbocycles. The number of rotatable bonds is 6. The van der Waals surface area contributed by atoms with Crippen LogP contribution >= 0.6 is 0 Å². The zero-order chi connectivity index (χ0) is 17.6. The largest absolute Gasteiger partial charge is 0.465 e. The molecular formula is C20H24N2O3. The maximum Gasteiger partial charge on any atom is 0.344 e. The molecule has 0 saturated heterocycles. The lowest BCUT2D eigenvalue weighted by molar-refractivity contribution is -0.146. The number of esters is 1. The molecule has 1 aliphatic carbocycles. The van der Waals surface area contributed by atoms with Gasteiger partial charge in [-0.3, -0.25) is 4.79 Å². The Morgan fingerprint density at radius 3 is 2.76 bits per heavy atom. The minimum absolute atomic E-state index is 0.140. The molecule has 5 heteroatoms. The molecule has 1 aliphatic rings. The molecule has 0 spiro atoms. The molecule has 0 aliphatic heterocycles. The van der Waals surface area contributed by atoms with Crippen LogP contribution in [0, 0.1) is 12.8 Å². The Hall–Kier alpha value is -2.43. The van der Waals surface area contributed by atoms with Crippen molar-refractivity contribution in [1.29, 1.82) is 0 Å². The summed E-state index contributed by atoms with van der Waals surface area (Å²) in [4.78, 5) is 30.0. The molecule has 2 aromatic rings. The molecule has 1 N–H and O–H groups in total. The lowest BCUT2D eigenvalue weighted by atomic mass is 9.83. The highest BCUT2D eigenvalue weighted by Crippen LogP contribution is 2.39. The number of carbonyl (C=O) groups excluding carboxylic acids is 1. The number of nitrogens with zero attached hydrogens (tertiary/aromatic N) is 1. The van der Waals surface area contributed by atoms with Gasteiger partial charge in [0.05, 0.1) is 12.5 Å². The number of aryl methyl sites for hydroxylation is 1. The van der Waals surface area contributed by atoms with E-state index in [1.54, 1.807) is 6.20 Å². The molecule has 0 amide bonds. The van der Waals surface area contributed by atoms with Crippen LogP contribution in [0.5, 0.6) is 0 Å². The van der Waals surface area contributed by atoms with Gasteiger partial charge < -0.3 is 9.72 Å². The summed E-state index contributed by atoms with van der Waals surface area (Å²) in [5.74, 6) is 0.0411. The van der Waals surface area contributed by atoms with Gasteiger partial charge in [0.15, 0.2) is 0 Å². The minimum atomic E-state index is -0.374. The zero-order valence-corrected chi connectivity index (χ0v) is 14.5. The summed E-state index contributed by atoms with van der Waals surface area (Å²) in [6.07, 6.45) is 8.20. The molecular weight excluding hydrogens is 316 g/mol. The van der Waals surface area contributed by atoms with Crippen molar-refractivity contribution in [3.63, 3.8) is 0 Å². The van der Waals surface area contributed by atoms with Crippen LogP contribution in [0.4, 0.5) is 0 Å². The van der Waals surface area contributed by atoms with Gasteiger partial charge in [0.25, 0.3) is 0 Å². The number of hydrogen-bond donors (Lipinski definition) is 1. The van der Waals surface area contributed by atoms with E-state index in [-0.39, 0.29) is 17.6 Å². The molecule has 0 bridgehead atoms. The van der Waals surface area contributed by atoms with E-state index < -0.39 is 0 Å². The zero-order valence-electron chi connectivity index (χ0n) is 14.5. The SMILES string of the molecule is Cc1ccccc1C(C(=O)OCCc1cnc(=O)[nH]c1)C1CCCC1. The molecule has 0 radical (unpaired) electrons. The van der Waals surface area contributed by atoms with E-state index in [4.69, 9.17) is 4.74 Å². The third-order valence-corrected chi connectivity index (χ3v) is 5.01. The molecule has 1 unspecified atom stereocenters. The molecule has 1 heterocycles. The summed E-state index contributed by atoms with van der Waals surface area (Å²) in [6.45, 7) is 2.35. The lowest BCUT2D eigenvalue weighted by Gasteiger charge is -2.24. The van der Waals surface area contributed by atoms with Crippen molar-refractivity contribution in [3.8, 4) is 0 Å². The first kappa shape index (κ1) is 17.4. The first-order valence-corrected chi connectivity index (χ1v) is 8.91. The van der Waals surface area contributed by atoms with E-state index >= 15 is 0 Å². The molecule has 132 valence electrons. The van der Waals surface area contributed by atoms with Crippen molar-refractivity contribution in [2.75, 3.05) is 6.61 Å². The van der Waals surface area contributed by atoms with Gasteiger partial charge in [-0.15, -0.1) is 0 Å².